The number of halogens is 4. The summed E-state index contributed by atoms with van der Waals surface area (Å²) < 4.78 is 26.4. The van der Waals surface area contributed by atoms with Crippen molar-refractivity contribution in [3.05, 3.63) is 39.9 Å². The van der Waals surface area contributed by atoms with E-state index in [0.29, 0.717) is 5.57 Å². The summed E-state index contributed by atoms with van der Waals surface area (Å²) in [6.45, 7) is 1.21. The van der Waals surface area contributed by atoms with Gasteiger partial charge in [-0.3, -0.25) is 0 Å². The lowest BCUT2D eigenvalue weighted by atomic mass is 10.1. The molecule has 1 rings (SSSR count). The zero-order valence-electron chi connectivity index (χ0n) is 7.82. The van der Waals surface area contributed by atoms with Crippen molar-refractivity contribution in [1.82, 2.24) is 0 Å². The lowest BCUT2D eigenvalue weighted by Crippen LogP contribution is -1.95. The average molecular weight is 253 g/mol. The molecule has 0 radical (unpaired) electrons. The highest BCUT2D eigenvalue weighted by atomic mass is 35.5. The highest BCUT2D eigenvalue weighted by Gasteiger charge is 2.15. The van der Waals surface area contributed by atoms with E-state index in [0.717, 1.165) is 0 Å². The minimum atomic E-state index is -1.14. The number of rotatable bonds is 2. The van der Waals surface area contributed by atoms with Gasteiger partial charge in [-0.05, 0) is 24.6 Å². The Labute approximate surface area is 95.9 Å². The van der Waals surface area contributed by atoms with Crippen molar-refractivity contribution < 1.29 is 13.9 Å². The first kappa shape index (κ1) is 12.4. The number of aliphatic hydroxyl groups is 1. The molecule has 0 saturated heterocycles. The molecule has 0 aliphatic heterocycles. The van der Waals surface area contributed by atoms with Crippen LogP contribution in [0.2, 0.25) is 5.02 Å². The standard InChI is InChI=1S/C10H8Cl2F2O/c1-5(4-15)8(12)6-2-3-7(11)10(14)9(6)13/h2-3,15H,4H2,1H3/b8-5+. The summed E-state index contributed by atoms with van der Waals surface area (Å²) in [5.41, 5.74) is 0.252. The van der Waals surface area contributed by atoms with E-state index in [1.54, 1.807) is 0 Å². The van der Waals surface area contributed by atoms with Crippen LogP contribution in [-0.2, 0) is 0 Å². The first-order valence-electron chi connectivity index (χ1n) is 4.09. The highest BCUT2D eigenvalue weighted by molar-refractivity contribution is 6.49. The molecule has 5 heteroatoms. The van der Waals surface area contributed by atoms with Crippen LogP contribution in [0.15, 0.2) is 17.7 Å². The normalized spacial score (nSPS) is 12.7. The van der Waals surface area contributed by atoms with Crippen molar-refractivity contribution in [2.24, 2.45) is 0 Å². The fourth-order valence-electron chi connectivity index (χ4n) is 0.995. The Bertz CT molecular complexity index is 416. The maximum Gasteiger partial charge on any atom is 0.178 e. The van der Waals surface area contributed by atoms with Gasteiger partial charge in [0.1, 0.15) is 0 Å². The lowest BCUT2D eigenvalue weighted by Gasteiger charge is -2.06. The summed E-state index contributed by atoms with van der Waals surface area (Å²) in [4.78, 5) is 0. The zero-order chi connectivity index (χ0) is 11.6. The summed E-state index contributed by atoms with van der Waals surface area (Å²) in [5.74, 6) is -2.25. The van der Waals surface area contributed by atoms with Gasteiger partial charge in [0.25, 0.3) is 0 Å². The van der Waals surface area contributed by atoms with E-state index < -0.39 is 11.6 Å². The second-order valence-electron chi connectivity index (χ2n) is 2.98. The molecule has 0 unspecified atom stereocenters. The molecular formula is C10H8Cl2F2O. The Morgan fingerprint density at radius 3 is 2.47 bits per heavy atom. The molecule has 0 aliphatic carbocycles. The third-order valence-corrected chi connectivity index (χ3v) is 2.70. The second kappa shape index (κ2) is 4.92. The van der Waals surface area contributed by atoms with Gasteiger partial charge in [0, 0.05) is 5.56 Å². The van der Waals surface area contributed by atoms with Gasteiger partial charge in [-0.2, -0.15) is 0 Å². The number of benzene rings is 1. The molecule has 0 amide bonds. The van der Waals surface area contributed by atoms with Gasteiger partial charge in [-0.25, -0.2) is 8.78 Å². The molecule has 1 nitrogen and oxygen atoms in total. The van der Waals surface area contributed by atoms with E-state index in [2.05, 4.69) is 0 Å². The first-order valence-corrected chi connectivity index (χ1v) is 4.84. The molecule has 15 heavy (non-hydrogen) atoms. The van der Waals surface area contributed by atoms with Crippen LogP contribution in [0.1, 0.15) is 12.5 Å². The van der Waals surface area contributed by atoms with E-state index in [4.69, 9.17) is 28.3 Å². The van der Waals surface area contributed by atoms with Gasteiger partial charge < -0.3 is 5.11 Å². The van der Waals surface area contributed by atoms with Gasteiger partial charge >= 0.3 is 0 Å². The van der Waals surface area contributed by atoms with Crippen molar-refractivity contribution in [2.75, 3.05) is 6.61 Å². The van der Waals surface area contributed by atoms with E-state index in [-0.39, 0.29) is 22.2 Å². The molecular weight excluding hydrogens is 245 g/mol. The Balaban J connectivity index is 3.35. The predicted molar refractivity (Wildman–Crippen MR) is 56.9 cm³/mol. The Morgan fingerprint density at radius 2 is 1.93 bits per heavy atom. The van der Waals surface area contributed by atoms with Crippen LogP contribution in [0, 0.1) is 11.6 Å². The van der Waals surface area contributed by atoms with E-state index >= 15 is 0 Å². The van der Waals surface area contributed by atoms with Gasteiger partial charge in [-0.15, -0.1) is 0 Å². The lowest BCUT2D eigenvalue weighted by molar-refractivity contribution is 0.332. The van der Waals surface area contributed by atoms with E-state index in [1.807, 2.05) is 0 Å². The molecule has 0 heterocycles. The average Bonchev–Trinajstić information content (AvgIpc) is 2.24. The summed E-state index contributed by atoms with van der Waals surface area (Å²) in [7, 11) is 0. The predicted octanol–water partition coefficient (Wildman–Crippen LogP) is 3.58. The summed E-state index contributed by atoms with van der Waals surface area (Å²) in [6.07, 6.45) is 0. The first-order chi connectivity index (χ1) is 6.99. The largest absolute Gasteiger partial charge is 0.392 e. The van der Waals surface area contributed by atoms with Crippen molar-refractivity contribution in [1.29, 1.82) is 0 Å². The molecule has 0 fully saturated rings. The SMILES string of the molecule is C/C(CO)=C(\Cl)c1ccc(Cl)c(F)c1F. The topological polar surface area (TPSA) is 20.2 Å². The molecule has 0 aliphatic rings. The monoisotopic (exact) mass is 252 g/mol. The molecule has 0 saturated carbocycles. The van der Waals surface area contributed by atoms with Crippen LogP contribution >= 0.6 is 23.2 Å². The summed E-state index contributed by atoms with van der Waals surface area (Å²) in [6, 6.07) is 2.48. The minimum absolute atomic E-state index is 0.00873. The molecule has 82 valence electrons. The molecule has 0 aromatic heterocycles. The third kappa shape index (κ3) is 2.48. The van der Waals surface area contributed by atoms with Crippen molar-refractivity contribution in [3.63, 3.8) is 0 Å². The number of aliphatic hydroxyl groups excluding tert-OH is 1. The van der Waals surface area contributed by atoms with E-state index in [9.17, 15) is 8.78 Å². The van der Waals surface area contributed by atoms with Crippen LogP contribution in [0.4, 0.5) is 8.78 Å². The van der Waals surface area contributed by atoms with Gasteiger partial charge in [-0.1, -0.05) is 23.2 Å². The van der Waals surface area contributed by atoms with Crippen molar-refractivity contribution in [2.45, 2.75) is 6.92 Å². The van der Waals surface area contributed by atoms with Crippen LogP contribution in [0.25, 0.3) is 5.03 Å². The third-order valence-electron chi connectivity index (χ3n) is 1.88. The fourth-order valence-corrected chi connectivity index (χ4v) is 1.35. The molecule has 1 aromatic carbocycles. The van der Waals surface area contributed by atoms with Crippen LogP contribution in [0.3, 0.4) is 0 Å². The fraction of sp³-hybridized carbons (Fsp3) is 0.200. The van der Waals surface area contributed by atoms with Gasteiger partial charge in [0.05, 0.1) is 16.7 Å². The van der Waals surface area contributed by atoms with Crippen LogP contribution in [0.5, 0.6) is 0 Å². The Morgan fingerprint density at radius 1 is 1.33 bits per heavy atom. The van der Waals surface area contributed by atoms with Crippen LogP contribution in [-0.4, -0.2) is 11.7 Å². The van der Waals surface area contributed by atoms with Crippen molar-refractivity contribution >= 4 is 28.2 Å². The maximum absolute atomic E-state index is 13.3. The maximum atomic E-state index is 13.3. The molecule has 1 aromatic rings. The van der Waals surface area contributed by atoms with Crippen molar-refractivity contribution in [3.8, 4) is 0 Å². The quantitative estimate of drug-likeness (QED) is 0.798. The number of hydrogen-bond acceptors (Lipinski definition) is 1. The molecule has 0 atom stereocenters. The van der Waals surface area contributed by atoms with Gasteiger partial charge in [0.2, 0.25) is 0 Å². The highest BCUT2D eigenvalue weighted by Crippen LogP contribution is 2.29. The minimum Gasteiger partial charge on any atom is -0.392 e. The molecule has 0 bridgehead atoms. The van der Waals surface area contributed by atoms with E-state index in [1.165, 1.54) is 19.1 Å². The van der Waals surface area contributed by atoms with Crippen LogP contribution < -0.4 is 0 Å². The smallest absolute Gasteiger partial charge is 0.178 e. The molecule has 0 spiro atoms. The Kier molecular flexibility index (Phi) is 4.08. The number of hydrogen-bond donors (Lipinski definition) is 1. The summed E-state index contributed by atoms with van der Waals surface area (Å²) >= 11 is 11.1. The summed E-state index contributed by atoms with van der Waals surface area (Å²) in [5, 5.41) is 8.48. The Hall–Kier alpha value is -0.640. The second-order valence-corrected chi connectivity index (χ2v) is 3.76. The zero-order valence-corrected chi connectivity index (χ0v) is 9.33. The van der Waals surface area contributed by atoms with Gasteiger partial charge in [0.15, 0.2) is 11.6 Å². The molecule has 1 N–H and O–H groups in total.